The van der Waals surface area contributed by atoms with E-state index in [1.807, 2.05) is 13.1 Å². The van der Waals surface area contributed by atoms with Gasteiger partial charge in [-0.05, 0) is 19.9 Å². The minimum absolute atomic E-state index is 0.0275. The van der Waals surface area contributed by atoms with Gasteiger partial charge < -0.3 is 14.5 Å². The summed E-state index contributed by atoms with van der Waals surface area (Å²) in [6.07, 6.45) is 6.00. The number of hydrogen-bond donors (Lipinski definition) is 0. The normalized spacial score (nSPS) is 21.1. The third-order valence-electron chi connectivity index (χ3n) is 5.80. The molecule has 2 unspecified atom stereocenters. The van der Waals surface area contributed by atoms with E-state index in [4.69, 9.17) is 14.7 Å². The van der Waals surface area contributed by atoms with Gasteiger partial charge in [0.25, 0.3) is 0 Å². The predicted octanol–water partition coefficient (Wildman–Crippen LogP) is 2.82. The summed E-state index contributed by atoms with van der Waals surface area (Å²) in [7, 11) is 0. The van der Waals surface area contributed by atoms with Crippen molar-refractivity contribution < 1.29 is 9.13 Å². The van der Waals surface area contributed by atoms with Crippen molar-refractivity contribution in [1.29, 1.82) is 0 Å². The zero-order valence-corrected chi connectivity index (χ0v) is 17.6. The van der Waals surface area contributed by atoms with Gasteiger partial charge in [0.15, 0.2) is 11.6 Å². The lowest BCUT2D eigenvalue weighted by molar-refractivity contribution is 0.0529. The second-order valence-electron chi connectivity index (χ2n) is 7.92. The van der Waals surface area contributed by atoms with Crippen molar-refractivity contribution in [3.05, 3.63) is 53.9 Å². The molecule has 3 aromatic rings. The van der Waals surface area contributed by atoms with E-state index < -0.39 is 0 Å². The average Bonchev–Trinajstić information content (AvgIpc) is 2.79. The fourth-order valence-electron chi connectivity index (χ4n) is 4.20. The van der Waals surface area contributed by atoms with E-state index in [2.05, 4.69) is 31.7 Å². The third kappa shape index (κ3) is 3.93. The van der Waals surface area contributed by atoms with Gasteiger partial charge in [-0.25, -0.2) is 29.3 Å². The maximum Gasteiger partial charge on any atom is 0.197 e. The highest BCUT2D eigenvalue weighted by Gasteiger charge is 2.28. The Labute approximate surface area is 180 Å². The molecule has 2 atom stereocenters. The highest BCUT2D eigenvalue weighted by Crippen LogP contribution is 2.33. The van der Waals surface area contributed by atoms with E-state index in [9.17, 15) is 4.39 Å². The fraction of sp³-hybridized carbons (Fsp3) is 0.409. The molecule has 5 rings (SSSR count). The van der Waals surface area contributed by atoms with Crippen molar-refractivity contribution in [1.82, 2.24) is 24.9 Å². The van der Waals surface area contributed by atoms with Crippen LogP contribution in [0.4, 0.5) is 16.0 Å². The largest absolute Gasteiger partial charge is 0.375 e. The summed E-state index contributed by atoms with van der Waals surface area (Å²) in [5.74, 6) is 2.02. The summed E-state index contributed by atoms with van der Waals surface area (Å²) >= 11 is 0. The molecule has 31 heavy (non-hydrogen) atoms. The maximum atomic E-state index is 14.5. The molecule has 2 aliphatic rings. The molecule has 9 heteroatoms. The number of ether oxygens (including phenoxy) is 1. The molecule has 0 aliphatic carbocycles. The van der Waals surface area contributed by atoms with E-state index in [0.29, 0.717) is 55.9 Å². The minimum atomic E-state index is -0.287. The molecule has 160 valence electrons. The fourth-order valence-corrected chi connectivity index (χ4v) is 4.20. The van der Waals surface area contributed by atoms with Crippen LogP contribution in [0.25, 0.3) is 11.6 Å². The molecule has 1 saturated heterocycles. The van der Waals surface area contributed by atoms with Gasteiger partial charge in [0.05, 0.1) is 24.4 Å². The molecule has 8 nitrogen and oxygen atoms in total. The molecule has 0 bridgehead atoms. The molecule has 0 saturated carbocycles. The van der Waals surface area contributed by atoms with Gasteiger partial charge in [0.2, 0.25) is 0 Å². The van der Waals surface area contributed by atoms with E-state index in [1.165, 1.54) is 12.1 Å². The van der Waals surface area contributed by atoms with E-state index >= 15 is 0 Å². The van der Waals surface area contributed by atoms with Crippen LogP contribution in [0.15, 0.2) is 36.8 Å². The van der Waals surface area contributed by atoms with E-state index in [-0.39, 0.29) is 18.0 Å². The van der Waals surface area contributed by atoms with Gasteiger partial charge in [0, 0.05) is 62.3 Å². The van der Waals surface area contributed by atoms with Gasteiger partial charge >= 0.3 is 0 Å². The van der Waals surface area contributed by atoms with Crippen LogP contribution in [0, 0.1) is 5.82 Å². The molecular weight excluding hydrogens is 397 g/mol. The predicted molar refractivity (Wildman–Crippen MR) is 114 cm³/mol. The Kier molecular flexibility index (Phi) is 5.19. The molecule has 2 aliphatic heterocycles. The van der Waals surface area contributed by atoms with Crippen LogP contribution in [0.5, 0.6) is 0 Å². The first-order chi connectivity index (χ1) is 15.1. The van der Waals surface area contributed by atoms with Gasteiger partial charge in [-0.15, -0.1) is 0 Å². The first-order valence-electron chi connectivity index (χ1n) is 10.5. The van der Waals surface area contributed by atoms with E-state index in [1.54, 1.807) is 18.5 Å². The van der Waals surface area contributed by atoms with Crippen molar-refractivity contribution in [3.8, 4) is 11.6 Å². The lowest BCUT2D eigenvalue weighted by Crippen LogP contribution is -2.42. The highest BCUT2D eigenvalue weighted by molar-refractivity contribution is 5.53. The zero-order valence-electron chi connectivity index (χ0n) is 17.6. The smallest absolute Gasteiger partial charge is 0.197 e. The molecule has 0 radical (unpaired) electrons. The standard InChI is InChI=1S/C22H24FN7O/c1-14-13-29(8-9-31-14)19-10-16(23)11-20(28-19)30-7-4-18-17(15(30)2)12-26-22(27-18)21-24-5-3-6-25-21/h3,5-6,10-12,14-15H,4,7-9,13H2,1-2H3. The van der Waals surface area contributed by atoms with E-state index in [0.717, 1.165) is 11.3 Å². The topological polar surface area (TPSA) is 80.2 Å². The molecule has 0 N–H and O–H groups in total. The van der Waals surface area contributed by atoms with Crippen LogP contribution >= 0.6 is 0 Å². The Morgan fingerprint density at radius 2 is 1.81 bits per heavy atom. The molecule has 0 amide bonds. The Balaban J connectivity index is 1.43. The average molecular weight is 421 g/mol. The van der Waals surface area contributed by atoms with Gasteiger partial charge in [0.1, 0.15) is 17.5 Å². The number of fused-ring (bicyclic) bond motifs is 1. The zero-order chi connectivity index (χ0) is 21.4. The SMILES string of the molecule is CC1CN(c2cc(F)cc(N3CCc4nc(-c5ncccn5)ncc4C3C)n2)CCO1. The number of nitrogens with zero attached hydrogens (tertiary/aromatic N) is 7. The summed E-state index contributed by atoms with van der Waals surface area (Å²) in [5, 5.41) is 0. The first kappa shape index (κ1) is 19.7. The van der Waals surface area contributed by atoms with Gasteiger partial charge in [-0.2, -0.15) is 0 Å². The number of morpholine rings is 1. The van der Waals surface area contributed by atoms with Crippen LogP contribution in [-0.2, 0) is 11.2 Å². The van der Waals surface area contributed by atoms with Crippen molar-refractivity contribution in [2.24, 2.45) is 0 Å². The molecular formula is C22H24FN7O. The molecule has 3 aromatic heterocycles. The Bertz CT molecular complexity index is 1080. The number of anilines is 2. The van der Waals surface area contributed by atoms with Crippen LogP contribution in [0.1, 0.15) is 31.1 Å². The summed E-state index contributed by atoms with van der Waals surface area (Å²) < 4.78 is 20.1. The summed E-state index contributed by atoms with van der Waals surface area (Å²) in [6.45, 7) is 6.81. The second kappa shape index (κ2) is 8.14. The second-order valence-corrected chi connectivity index (χ2v) is 7.92. The minimum Gasteiger partial charge on any atom is -0.375 e. The quantitative estimate of drug-likeness (QED) is 0.639. The lowest BCUT2D eigenvalue weighted by Gasteiger charge is -2.37. The molecule has 1 fully saturated rings. The number of halogens is 1. The van der Waals surface area contributed by atoms with Crippen molar-refractivity contribution in [2.45, 2.75) is 32.4 Å². The monoisotopic (exact) mass is 421 g/mol. The summed E-state index contributed by atoms with van der Waals surface area (Å²) in [4.78, 5) is 26.6. The van der Waals surface area contributed by atoms with Crippen LogP contribution in [-0.4, -0.2) is 57.3 Å². The molecule has 5 heterocycles. The number of aromatic nitrogens is 5. The Morgan fingerprint density at radius 3 is 2.61 bits per heavy atom. The van der Waals surface area contributed by atoms with Gasteiger partial charge in [-0.3, -0.25) is 0 Å². The van der Waals surface area contributed by atoms with Crippen LogP contribution in [0.3, 0.4) is 0 Å². The first-order valence-corrected chi connectivity index (χ1v) is 10.5. The number of hydrogen-bond acceptors (Lipinski definition) is 8. The maximum absolute atomic E-state index is 14.5. The number of rotatable bonds is 3. The summed E-state index contributed by atoms with van der Waals surface area (Å²) in [5.41, 5.74) is 1.98. The highest BCUT2D eigenvalue weighted by atomic mass is 19.1. The summed E-state index contributed by atoms with van der Waals surface area (Å²) in [6, 6.07) is 4.74. The Hall–Kier alpha value is -3.20. The van der Waals surface area contributed by atoms with Crippen molar-refractivity contribution in [3.63, 3.8) is 0 Å². The van der Waals surface area contributed by atoms with Gasteiger partial charge in [-0.1, -0.05) is 0 Å². The number of pyridine rings is 1. The lowest BCUT2D eigenvalue weighted by atomic mass is 9.99. The molecule has 0 spiro atoms. The van der Waals surface area contributed by atoms with Crippen molar-refractivity contribution in [2.75, 3.05) is 36.0 Å². The molecule has 0 aromatic carbocycles. The van der Waals surface area contributed by atoms with Crippen molar-refractivity contribution >= 4 is 11.6 Å². The van der Waals surface area contributed by atoms with Crippen LogP contribution in [0.2, 0.25) is 0 Å². The Morgan fingerprint density at radius 1 is 1.00 bits per heavy atom. The third-order valence-corrected chi connectivity index (χ3v) is 5.80. The van der Waals surface area contributed by atoms with Crippen LogP contribution < -0.4 is 9.80 Å².